The molecule has 5 nitrogen and oxygen atoms in total. The van der Waals surface area contributed by atoms with Crippen LogP contribution in [0.15, 0.2) is 42.6 Å². The minimum atomic E-state index is -0.00433. The van der Waals surface area contributed by atoms with Gasteiger partial charge in [-0.2, -0.15) is 0 Å². The number of para-hydroxylation sites is 2. The highest BCUT2D eigenvalue weighted by molar-refractivity contribution is 5.93. The molecule has 0 bridgehead atoms. The number of pyridine rings is 1. The molecule has 1 aromatic carbocycles. The van der Waals surface area contributed by atoms with E-state index in [1.807, 2.05) is 12.1 Å². The fraction of sp³-hybridized carbons (Fsp3) is 0.200. The van der Waals surface area contributed by atoms with E-state index in [9.17, 15) is 0 Å². The van der Waals surface area contributed by atoms with Gasteiger partial charge >= 0.3 is 0 Å². The van der Waals surface area contributed by atoms with Crippen LogP contribution in [0.3, 0.4) is 0 Å². The van der Waals surface area contributed by atoms with Crippen LogP contribution >= 0.6 is 0 Å². The van der Waals surface area contributed by atoms with E-state index < -0.39 is 0 Å². The Bertz CT molecular complexity index is 635. The van der Waals surface area contributed by atoms with Crippen LogP contribution in [0.2, 0.25) is 0 Å². The molecule has 20 heavy (non-hydrogen) atoms. The lowest BCUT2D eigenvalue weighted by Crippen LogP contribution is -2.36. The number of benzene rings is 1. The van der Waals surface area contributed by atoms with Gasteiger partial charge in [-0.05, 0) is 24.3 Å². The van der Waals surface area contributed by atoms with Crippen molar-refractivity contribution in [2.45, 2.75) is 0 Å². The van der Waals surface area contributed by atoms with E-state index in [1.165, 1.54) is 11.4 Å². The number of nitrogens with two attached hydrogens (primary N) is 1. The van der Waals surface area contributed by atoms with Crippen LogP contribution in [0.4, 0.5) is 17.1 Å². The number of rotatable bonds is 2. The highest BCUT2D eigenvalue weighted by Crippen LogP contribution is 2.36. The largest absolute Gasteiger partial charge is 0.382 e. The fourth-order valence-corrected chi connectivity index (χ4v) is 2.48. The molecular weight excluding hydrogens is 250 g/mol. The highest BCUT2D eigenvalue weighted by atomic mass is 15.3. The molecule has 102 valence electrons. The Morgan fingerprint density at radius 1 is 1.15 bits per heavy atom. The Hall–Kier alpha value is -2.56. The molecule has 0 amide bonds. The molecule has 5 heteroatoms. The maximum atomic E-state index is 7.39. The van der Waals surface area contributed by atoms with E-state index in [0.717, 1.165) is 18.8 Å². The van der Waals surface area contributed by atoms with Crippen molar-refractivity contribution in [3.05, 3.63) is 48.3 Å². The molecule has 2 aromatic rings. The first-order valence-electron chi connectivity index (χ1n) is 6.55. The van der Waals surface area contributed by atoms with Crippen LogP contribution in [0.25, 0.3) is 0 Å². The SMILES string of the molecule is CN1CCN(c2ccc(C(=N)N)nc2)c2ccccc21. The highest BCUT2D eigenvalue weighted by Gasteiger charge is 2.21. The number of nitrogens with zero attached hydrogens (tertiary/aromatic N) is 3. The Balaban J connectivity index is 1.99. The van der Waals surface area contributed by atoms with E-state index in [4.69, 9.17) is 11.1 Å². The van der Waals surface area contributed by atoms with Crippen molar-refractivity contribution in [1.29, 1.82) is 5.41 Å². The fourth-order valence-electron chi connectivity index (χ4n) is 2.48. The lowest BCUT2D eigenvalue weighted by Gasteiger charge is -2.36. The number of nitrogen functional groups attached to an aromatic ring is 1. The second-order valence-electron chi connectivity index (χ2n) is 4.88. The normalized spacial score (nSPS) is 14.1. The predicted molar refractivity (Wildman–Crippen MR) is 82.0 cm³/mol. The summed E-state index contributed by atoms with van der Waals surface area (Å²) >= 11 is 0. The monoisotopic (exact) mass is 267 g/mol. The minimum Gasteiger partial charge on any atom is -0.382 e. The number of aromatic nitrogens is 1. The van der Waals surface area contributed by atoms with Gasteiger partial charge in [-0.1, -0.05) is 12.1 Å². The predicted octanol–water partition coefficient (Wildman–Crippen LogP) is 1.95. The number of fused-ring (bicyclic) bond motifs is 1. The van der Waals surface area contributed by atoms with Gasteiger partial charge in [0.2, 0.25) is 0 Å². The van der Waals surface area contributed by atoms with Crippen molar-refractivity contribution in [1.82, 2.24) is 4.98 Å². The Labute approximate surface area is 118 Å². The third-order valence-corrected chi connectivity index (χ3v) is 3.58. The van der Waals surface area contributed by atoms with Gasteiger partial charge < -0.3 is 15.5 Å². The number of hydrogen-bond donors (Lipinski definition) is 2. The van der Waals surface area contributed by atoms with Gasteiger partial charge in [0.15, 0.2) is 0 Å². The molecule has 3 N–H and O–H groups in total. The first kappa shape index (κ1) is 12.5. The molecule has 0 saturated carbocycles. The van der Waals surface area contributed by atoms with Gasteiger partial charge in [0.1, 0.15) is 11.5 Å². The summed E-state index contributed by atoms with van der Waals surface area (Å²) in [5, 5.41) is 7.39. The Morgan fingerprint density at radius 2 is 1.90 bits per heavy atom. The first-order valence-corrected chi connectivity index (χ1v) is 6.55. The van der Waals surface area contributed by atoms with Crippen molar-refractivity contribution in [3.63, 3.8) is 0 Å². The summed E-state index contributed by atoms with van der Waals surface area (Å²) in [5.41, 5.74) is 9.37. The molecule has 2 heterocycles. The zero-order chi connectivity index (χ0) is 14.1. The van der Waals surface area contributed by atoms with Crippen LogP contribution in [0.5, 0.6) is 0 Å². The molecule has 0 spiro atoms. The Kier molecular flexibility index (Phi) is 3.02. The van der Waals surface area contributed by atoms with E-state index in [1.54, 1.807) is 12.3 Å². The second-order valence-corrected chi connectivity index (χ2v) is 4.88. The van der Waals surface area contributed by atoms with Crippen LogP contribution in [0.1, 0.15) is 5.69 Å². The maximum Gasteiger partial charge on any atom is 0.141 e. The van der Waals surface area contributed by atoms with Crippen molar-refractivity contribution in [2.75, 3.05) is 29.9 Å². The van der Waals surface area contributed by atoms with Gasteiger partial charge in [0.05, 0.1) is 23.3 Å². The zero-order valence-corrected chi connectivity index (χ0v) is 11.4. The standard InChI is InChI=1S/C15H17N5/c1-19-8-9-20(14-5-3-2-4-13(14)19)11-6-7-12(15(16)17)18-10-11/h2-7,10H,8-9H2,1H3,(H3,16,17). The van der Waals surface area contributed by atoms with Crippen LogP contribution in [-0.4, -0.2) is 31.0 Å². The molecular formula is C15H17N5. The maximum absolute atomic E-state index is 7.39. The van der Waals surface area contributed by atoms with Crippen LogP contribution < -0.4 is 15.5 Å². The smallest absolute Gasteiger partial charge is 0.141 e. The van der Waals surface area contributed by atoms with Crippen LogP contribution in [0, 0.1) is 5.41 Å². The molecule has 0 saturated heterocycles. The van der Waals surface area contributed by atoms with Gasteiger partial charge in [0, 0.05) is 20.1 Å². The van der Waals surface area contributed by atoms with Gasteiger partial charge in [0.25, 0.3) is 0 Å². The van der Waals surface area contributed by atoms with E-state index in [0.29, 0.717) is 5.69 Å². The minimum absolute atomic E-state index is 0.00433. The van der Waals surface area contributed by atoms with E-state index in [2.05, 4.69) is 40.0 Å². The topological polar surface area (TPSA) is 69.2 Å². The third-order valence-electron chi connectivity index (χ3n) is 3.58. The number of anilines is 3. The van der Waals surface area contributed by atoms with Gasteiger partial charge in [-0.3, -0.25) is 10.4 Å². The number of hydrogen-bond acceptors (Lipinski definition) is 4. The zero-order valence-electron chi connectivity index (χ0n) is 11.4. The molecule has 0 radical (unpaired) electrons. The first-order chi connectivity index (χ1) is 9.66. The molecule has 3 rings (SSSR count). The summed E-state index contributed by atoms with van der Waals surface area (Å²) in [6, 6.07) is 12.1. The number of nitrogens with one attached hydrogen (secondary N) is 1. The number of likely N-dealkylation sites (N-methyl/N-ethyl adjacent to an activating group) is 1. The average Bonchev–Trinajstić information content (AvgIpc) is 2.48. The molecule has 0 aliphatic carbocycles. The summed E-state index contributed by atoms with van der Waals surface area (Å²) in [6.45, 7) is 1.88. The lowest BCUT2D eigenvalue weighted by atomic mass is 10.1. The van der Waals surface area contributed by atoms with Crippen molar-refractivity contribution < 1.29 is 0 Å². The lowest BCUT2D eigenvalue weighted by molar-refractivity contribution is 0.820. The van der Waals surface area contributed by atoms with E-state index >= 15 is 0 Å². The molecule has 1 aliphatic heterocycles. The summed E-state index contributed by atoms with van der Waals surface area (Å²) in [7, 11) is 2.10. The van der Waals surface area contributed by atoms with Crippen molar-refractivity contribution in [2.24, 2.45) is 5.73 Å². The average molecular weight is 267 g/mol. The molecule has 0 fully saturated rings. The van der Waals surface area contributed by atoms with Crippen molar-refractivity contribution in [3.8, 4) is 0 Å². The second kappa shape index (κ2) is 4.85. The quantitative estimate of drug-likeness (QED) is 0.644. The third kappa shape index (κ3) is 2.07. The summed E-state index contributed by atoms with van der Waals surface area (Å²) in [5.74, 6) is -0.00433. The van der Waals surface area contributed by atoms with Gasteiger partial charge in [-0.15, -0.1) is 0 Å². The molecule has 0 unspecified atom stereocenters. The van der Waals surface area contributed by atoms with Crippen LogP contribution in [-0.2, 0) is 0 Å². The number of amidine groups is 1. The van der Waals surface area contributed by atoms with Gasteiger partial charge in [-0.25, -0.2) is 0 Å². The molecule has 1 aromatic heterocycles. The molecule has 0 atom stereocenters. The summed E-state index contributed by atoms with van der Waals surface area (Å²) in [6.07, 6.45) is 1.78. The summed E-state index contributed by atoms with van der Waals surface area (Å²) < 4.78 is 0. The Morgan fingerprint density at radius 3 is 2.55 bits per heavy atom. The van der Waals surface area contributed by atoms with Crippen molar-refractivity contribution >= 4 is 22.9 Å². The molecule has 1 aliphatic rings. The summed E-state index contributed by atoms with van der Waals surface area (Å²) in [4.78, 5) is 8.74. The van der Waals surface area contributed by atoms with E-state index in [-0.39, 0.29) is 5.84 Å².